The molecule has 4 heteroatoms. The molecule has 0 aromatic carbocycles. The van der Waals surface area contributed by atoms with Gasteiger partial charge in [-0.1, -0.05) is 0 Å². The van der Waals surface area contributed by atoms with E-state index < -0.39 is 0 Å². The highest BCUT2D eigenvalue weighted by atomic mass is 16.1. The summed E-state index contributed by atoms with van der Waals surface area (Å²) in [5.41, 5.74) is 1.57. The summed E-state index contributed by atoms with van der Waals surface area (Å²) in [5, 5.41) is 6.43. The van der Waals surface area contributed by atoms with Crippen LogP contribution in [0.15, 0.2) is 18.3 Å². The molecule has 1 aromatic heterocycles. The standard InChI is InChI=1S/C13H19N3O/c1-9-3-4-11(8-15-9)13(17)16-12-5-6-14-10(2)7-12/h3-4,8,10,12,14H,5-7H2,1-2H3,(H,16,17). The molecule has 1 aliphatic rings. The topological polar surface area (TPSA) is 54.0 Å². The number of pyridine rings is 1. The quantitative estimate of drug-likeness (QED) is 0.808. The van der Waals surface area contributed by atoms with Crippen molar-refractivity contribution < 1.29 is 4.79 Å². The lowest BCUT2D eigenvalue weighted by Gasteiger charge is -2.28. The molecule has 2 N–H and O–H groups in total. The molecule has 17 heavy (non-hydrogen) atoms. The lowest BCUT2D eigenvalue weighted by atomic mass is 10.0. The average molecular weight is 233 g/mol. The van der Waals surface area contributed by atoms with Gasteiger partial charge in [-0.25, -0.2) is 0 Å². The van der Waals surface area contributed by atoms with Crippen LogP contribution in [0.2, 0.25) is 0 Å². The molecule has 92 valence electrons. The van der Waals surface area contributed by atoms with Gasteiger partial charge in [0.1, 0.15) is 0 Å². The Morgan fingerprint density at radius 2 is 2.35 bits per heavy atom. The summed E-state index contributed by atoms with van der Waals surface area (Å²) in [5.74, 6) is -0.0170. The number of amides is 1. The molecule has 0 radical (unpaired) electrons. The number of nitrogens with one attached hydrogen (secondary N) is 2. The van der Waals surface area contributed by atoms with Crippen molar-refractivity contribution in [1.29, 1.82) is 0 Å². The maximum Gasteiger partial charge on any atom is 0.253 e. The Labute approximate surface area is 102 Å². The van der Waals surface area contributed by atoms with Crippen LogP contribution < -0.4 is 10.6 Å². The molecule has 0 saturated carbocycles. The minimum absolute atomic E-state index is 0.0170. The van der Waals surface area contributed by atoms with Crippen molar-refractivity contribution in [3.8, 4) is 0 Å². The molecule has 2 heterocycles. The largest absolute Gasteiger partial charge is 0.349 e. The molecular formula is C13H19N3O. The van der Waals surface area contributed by atoms with Crippen LogP contribution in [0.25, 0.3) is 0 Å². The predicted octanol–water partition coefficient (Wildman–Crippen LogP) is 1.26. The molecule has 2 atom stereocenters. The van der Waals surface area contributed by atoms with Gasteiger partial charge in [-0.2, -0.15) is 0 Å². The number of nitrogens with zero attached hydrogens (tertiary/aromatic N) is 1. The van der Waals surface area contributed by atoms with Gasteiger partial charge in [0, 0.05) is 24.0 Å². The summed E-state index contributed by atoms with van der Waals surface area (Å²) >= 11 is 0. The first-order valence-electron chi connectivity index (χ1n) is 6.12. The number of hydrogen-bond acceptors (Lipinski definition) is 3. The third-order valence-corrected chi connectivity index (χ3v) is 3.13. The van der Waals surface area contributed by atoms with Crippen molar-refractivity contribution in [3.05, 3.63) is 29.6 Å². The van der Waals surface area contributed by atoms with E-state index in [9.17, 15) is 4.79 Å². The second-order valence-corrected chi connectivity index (χ2v) is 4.74. The van der Waals surface area contributed by atoms with Gasteiger partial charge in [0.25, 0.3) is 5.91 Å². The minimum atomic E-state index is -0.0170. The van der Waals surface area contributed by atoms with E-state index >= 15 is 0 Å². The van der Waals surface area contributed by atoms with Gasteiger partial charge in [0.15, 0.2) is 0 Å². The lowest BCUT2D eigenvalue weighted by Crippen LogP contribution is -2.46. The Kier molecular flexibility index (Phi) is 3.74. The molecule has 0 bridgehead atoms. The summed E-state index contributed by atoms with van der Waals surface area (Å²) < 4.78 is 0. The molecule has 1 amide bonds. The second-order valence-electron chi connectivity index (χ2n) is 4.74. The monoisotopic (exact) mass is 233 g/mol. The summed E-state index contributed by atoms with van der Waals surface area (Å²) in [4.78, 5) is 16.1. The zero-order valence-corrected chi connectivity index (χ0v) is 10.4. The SMILES string of the molecule is Cc1ccc(C(=O)NC2CCNC(C)C2)cn1. The fourth-order valence-electron chi connectivity index (χ4n) is 2.13. The number of hydrogen-bond donors (Lipinski definition) is 2. The van der Waals surface area contributed by atoms with Crippen molar-refractivity contribution in [2.45, 2.75) is 38.8 Å². The molecule has 0 spiro atoms. The zero-order chi connectivity index (χ0) is 12.3. The van der Waals surface area contributed by atoms with Crippen LogP contribution in [-0.2, 0) is 0 Å². The van der Waals surface area contributed by atoms with E-state index in [2.05, 4.69) is 22.5 Å². The van der Waals surface area contributed by atoms with Crippen LogP contribution >= 0.6 is 0 Å². The molecule has 1 fully saturated rings. The maximum absolute atomic E-state index is 12.0. The number of carbonyl (C=O) groups is 1. The summed E-state index contributed by atoms with van der Waals surface area (Å²) in [6, 6.07) is 4.44. The molecule has 1 aliphatic heterocycles. The smallest absolute Gasteiger partial charge is 0.253 e. The summed E-state index contributed by atoms with van der Waals surface area (Å²) in [7, 11) is 0. The van der Waals surface area contributed by atoms with E-state index in [1.54, 1.807) is 6.20 Å². The van der Waals surface area contributed by atoms with E-state index in [1.807, 2.05) is 19.1 Å². The number of aromatic nitrogens is 1. The van der Waals surface area contributed by atoms with Gasteiger partial charge in [-0.3, -0.25) is 9.78 Å². The predicted molar refractivity (Wildman–Crippen MR) is 66.9 cm³/mol. The lowest BCUT2D eigenvalue weighted by molar-refractivity contribution is 0.0925. The van der Waals surface area contributed by atoms with Gasteiger partial charge in [-0.15, -0.1) is 0 Å². The molecule has 2 rings (SSSR count). The van der Waals surface area contributed by atoms with Crippen LogP contribution in [0.4, 0.5) is 0 Å². The number of aryl methyl sites for hydroxylation is 1. The fraction of sp³-hybridized carbons (Fsp3) is 0.538. The first-order valence-corrected chi connectivity index (χ1v) is 6.12. The van der Waals surface area contributed by atoms with Crippen LogP contribution in [0.3, 0.4) is 0 Å². The molecule has 2 unspecified atom stereocenters. The van der Waals surface area contributed by atoms with Gasteiger partial charge in [0.2, 0.25) is 0 Å². The van der Waals surface area contributed by atoms with Gasteiger partial charge in [-0.05, 0) is 45.4 Å². The zero-order valence-electron chi connectivity index (χ0n) is 10.4. The average Bonchev–Trinajstić information content (AvgIpc) is 2.29. The Balaban J connectivity index is 1.94. The molecule has 1 saturated heterocycles. The number of piperidine rings is 1. The van der Waals surface area contributed by atoms with E-state index in [0.717, 1.165) is 25.1 Å². The highest BCUT2D eigenvalue weighted by molar-refractivity contribution is 5.94. The Hall–Kier alpha value is -1.42. The van der Waals surface area contributed by atoms with Crippen molar-refractivity contribution in [1.82, 2.24) is 15.6 Å². The van der Waals surface area contributed by atoms with Crippen LogP contribution in [0.1, 0.15) is 35.8 Å². The Morgan fingerprint density at radius 3 is 3.00 bits per heavy atom. The number of rotatable bonds is 2. The first-order chi connectivity index (χ1) is 8.15. The maximum atomic E-state index is 12.0. The normalized spacial score (nSPS) is 24.4. The third-order valence-electron chi connectivity index (χ3n) is 3.13. The highest BCUT2D eigenvalue weighted by Gasteiger charge is 2.20. The fourth-order valence-corrected chi connectivity index (χ4v) is 2.13. The Morgan fingerprint density at radius 1 is 1.53 bits per heavy atom. The van der Waals surface area contributed by atoms with E-state index in [-0.39, 0.29) is 11.9 Å². The van der Waals surface area contributed by atoms with Gasteiger partial charge in [0.05, 0.1) is 5.56 Å². The summed E-state index contributed by atoms with van der Waals surface area (Å²) in [6.45, 7) is 5.03. The van der Waals surface area contributed by atoms with E-state index in [4.69, 9.17) is 0 Å². The molecule has 1 aromatic rings. The Bertz CT molecular complexity index is 388. The van der Waals surface area contributed by atoms with E-state index in [1.165, 1.54) is 0 Å². The minimum Gasteiger partial charge on any atom is -0.349 e. The van der Waals surface area contributed by atoms with Crippen molar-refractivity contribution in [2.24, 2.45) is 0 Å². The second kappa shape index (κ2) is 5.27. The molecule has 0 aliphatic carbocycles. The highest BCUT2D eigenvalue weighted by Crippen LogP contribution is 2.09. The molecule has 4 nitrogen and oxygen atoms in total. The van der Waals surface area contributed by atoms with Crippen LogP contribution in [0, 0.1) is 6.92 Å². The van der Waals surface area contributed by atoms with E-state index in [0.29, 0.717) is 11.6 Å². The van der Waals surface area contributed by atoms with Gasteiger partial charge < -0.3 is 10.6 Å². The van der Waals surface area contributed by atoms with Crippen LogP contribution in [0.5, 0.6) is 0 Å². The third kappa shape index (κ3) is 3.27. The first kappa shape index (κ1) is 12.0. The van der Waals surface area contributed by atoms with Gasteiger partial charge >= 0.3 is 0 Å². The van der Waals surface area contributed by atoms with Crippen molar-refractivity contribution in [2.75, 3.05) is 6.54 Å². The molecular weight excluding hydrogens is 214 g/mol. The number of carbonyl (C=O) groups excluding carboxylic acids is 1. The summed E-state index contributed by atoms with van der Waals surface area (Å²) in [6.07, 6.45) is 3.62. The van der Waals surface area contributed by atoms with Crippen molar-refractivity contribution >= 4 is 5.91 Å². The van der Waals surface area contributed by atoms with Crippen LogP contribution in [-0.4, -0.2) is 29.5 Å². The van der Waals surface area contributed by atoms with Crippen molar-refractivity contribution in [3.63, 3.8) is 0 Å².